The van der Waals surface area contributed by atoms with Gasteiger partial charge in [0.25, 0.3) is 0 Å². The highest BCUT2D eigenvalue weighted by molar-refractivity contribution is 6.05. The molecule has 0 aromatic rings. The molecule has 0 heterocycles. The van der Waals surface area contributed by atoms with Gasteiger partial charge in [-0.3, -0.25) is 9.59 Å². The number of hydrogen-bond acceptors (Lipinski definition) is 4. The number of rotatable bonds is 18. The fraction of sp³-hybridized carbons (Fsp3) is 0.938. The van der Waals surface area contributed by atoms with Crippen LogP contribution < -0.4 is 10.6 Å². The minimum atomic E-state index is -1.17. The van der Waals surface area contributed by atoms with E-state index in [1.54, 1.807) is 0 Å². The van der Waals surface area contributed by atoms with Crippen molar-refractivity contribution in [1.82, 2.24) is 10.6 Å². The number of aliphatic hydroxyl groups is 2. The third-order valence-corrected chi connectivity index (χ3v) is 8.63. The Balaban J connectivity index is 3.39. The van der Waals surface area contributed by atoms with Crippen LogP contribution in [0.1, 0.15) is 152 Å². The topological polar surface area (TPSA) is 98.7 Å². The van der Waals surface area contributed by atoms with E-state index in [0.29, 0.717) is 63.2 Å². The molecule has 0 aliphatic heterocycles. The quantitative estimate of drug-likeness (QED) is 0.147. The first-order valence-corrected chi connectivity index (χ1v) is 15.9. The predicted molar refractivity (Wildman–Crippen MR) is 158 cm³/mol. The Bertz CT molecular complexity index is 636. The first-order chi connectivity index (χ1) is 17.8. The largest absolute Gasteiger partial charge is 0.388 e. The molecule has 4 N–H and O–H groups in total. The zero-order valence-corrected chi connectivity index (χ0v) is 26.1. The maximum Gasteiger partial charge on any atom is 0.236 e. The minimum Gasteiger partial charge on any atom is -0.388 e. The molecular formula is C32H62N2O4. The van der Waals surface area contributed by atoms with Gasteiger partial charge in [-0.05, 0) is 63.2 Å². The van der Waals surface area contributed by atoms with Crippen LogP contribution in [0.4, 0.5) is 0 Å². The van der Waals surface area contributed by atoms with Crippen LogP contribution in [0.2, 0.25) is 0 Å². The second-order valence-electron chi connectivity index (χ2n) is 13.2. The average molecular weight is 539 g/mol. The summed E-state index contributed by atoms with van der Waals surface area (Å²) in [5.74, 6) is 0.1000. The van der Waals surface area contributed by atoms with Crippen molar-refractivity contribution >= 4 is 11.8 Å². The molecule has 224 valence electrons. The van der Waals surface area contributed by atoms with Gasteiger partial charge in [-0.1, -0.05) is 100 Å². The molecule has 0 radical (unpaired) electrons. The van der Waals surface area contributed by atoms with Crippen molar-refractivity contribution in [2.75, 3.05) is 0 Å². The molecule has 1 rings (SSSR count). The van der Waals surface area contributed by atoms with Gasteiger partial charge in [0.1, 0.15) is 5.41 Å². The van der Waals surface area contributed by atoms with Crippen molar-refractivity contribution in [3.8, 4) is 0 Å². The first-order valence-electron chi connectivity index (χ1n) is 15.9. The number of nitrogens with one attached hydrogen (secondary N) is 2. The summed E-state index contributed by atoms with van der Waals surface area (Å²) < 4.78 is 0. The molecule has 1 aliphatic carbocycles. The lowest BCUT2D eigenvalue weighted by atomic mass is 9.71. The van der Waals surface area contributed by atoms with Crippen molar-refractivity contribution in [3.63, 3.8) is 0 Å². The molecular weight excluding hydrogens is 476 g/mol. The van der Waals surface area contributed by atoms with E-state index >= 15 is 0 Å². The van der Waals surface area contributed by atoms with E-state index in [-0.39, 0.29) is 11.8 Å². The number of carbonyl (C=O) groups excluding carboxylic acids is 2. The first kappa shape index (κ1) is 34.9. The van der Waals surface area contributed by atoms with E-state index in [2.05, 4.69) is 66.0 Å². The van der Waals surface area contributed by atoms with Gasteiger partial charge in [-0.2, -0.15) is 0 Å². The van der Waals surface area contributed by atoms with E-state index in [9.17, 15) is 19.8 Å². The zero-order valence-electron chi connectivity index (χ0n) is 26.1. The Labute approximate surface area is 234 Å². The molecule has 1 saturated carbocycles. The number of carbonyl (C=O) groups is 2. The highest BCUT2D eigenvalue weighted by Crippen LogP contribution is 2.39. The molecule has 6 heteroatoms. The fourth-order valence-electron chi connectivity index (χ4n) is 6.75. The normalized spacial score (nSPS) is 17.9. The van der Waals surface area contributed by atoms with Gasteiger partial charge in [0.05, 0.1) is 23.3 Å². The van der Waals surface area contributed by atoms with Gasteiger partial charge in [-0.15, -0.1) is 0 Å². The molecule has 2 atom stereocenters. The van der Waals surface area contributed by atoms with Gasteiger partial charge in [0.2, 0.25) is 11.8 Å². The highest BCUT2D eigenvalue weighted by atomic mass is 16.3. The van der Waals surface area contributed by atoms with E-state index in [0.717, 1.165) is 44.9 Å². The van der Waals surface area contributed by atoms with E-state index in [4.69, 9.17) is 0 Å². The summed E-state index contributed by atoms with van der Waals surface area (Å²) in [6.45, 7) is 16.7. The summed E-state index contributed by atoms with van der Waals surface area (Å²) in [6.07, 6.45) is 10.8. The minimum absolute atomic E-state index is 0.246. The fourth-order valence-corrected chi connectivity index (χ4v) is 6.75. The van der Waals surface area contributed by atoms with Gasteiger partial charge < -0.3 is 20.8 Å². The maximum atomic E-state index is 14.2. The zero-order chi connectivity index (χ0) is 29.0. The Morgan fingerprint density at radius 3 is 1.24 bits per heavy atom. The molecule has 6 nitrogen and oxygen atoms in total. The van der Waals surface area contributed by atoms with E-state index < -0.39 is 28.7 Å². The van der Waals surface area contributed by atoms with Crippen LogP contribution in [0, 0.1) is 17.3 Å². The Kier molecular flexibility index (Phi) is 14.9. The summed E-state index contributed by atoms with van der Waals surface area (Å²) in [5.41, 5.74) is -3.14. The molecule has 0 aromatic carbocycles. The molecule has 0 bridgehead atoms. The smallest absolute Gasteiger partial charge is 0.236 e. The molecule has 1 aliphatic rings. The van der Waals surface area contributed by atoms with E-state index in [1.807, 2.05) is 0 Å². The predicted octanol–water partition coefficient (Wildman–Crippen LogP) is 6.66. The molecule has 0 spiro atoms. The second-order valence-corrected chi connectivity index (χ2v) is 13.2. The number of amides is 2. The van der Waals surface area contributed by atoms with Crippen LogP contribution in [0.3, 0.4) is 0 Å². The molecule has 2 amide bonds. The third-order valence-electron chi connectivity index (χ3n) is 8.63. The monoisotopic (exact) mass is 538 g/mol. The van der Waals surface area contributed by atoms with Gasteiger partial charge in [-0.25, -0.2) is 0 Å². The van der Waals surface area contributed by atoms with Crippen LogP contribution in [0.5, 0.6) is 0 Å². The lowest BCUT2D eigenvalue weighted by molar-refractivity contribution is -0.150. The van der Waals surface area contributed by atoms with Crippen LogP contribution in [-0.4, -0.2) is 45.3 Å². The highest BCUT2D eigenvalue weighted by Gasteiger charge is 2.50. The molecule has 38 heavy (non-hydrogen) atoms. The third kappa shape index (κ3) is 9.50. The Morgan fingerprint density at radius 1 is 0.658 bits per heavy atom. The summed E-state index contributed by atoms with van der Waals surface area (Å²) in [4.78, 5) is 28.3. The van der Waals surface area contributed by atoms with Crippen molar-refractivity contribution in [1.29, 1.82) is 0 Å². The van der Waals surface area contributed by atoms with Crippen LogP contribution in [0.25, 0.3) is 0 Å². The van der Waals surface area contributed by atoms with Crippen LogP contribution in [-0.2, 0) is 9.59 Å². The van der Waals surface area contributed by atoms with Gasteiger partial charge in [0, 0.05) is 0 Å². The summed E-state index contributed by atoms with van der Waals surface area (Å²) in [6, 6.07) is -0.796. The Hall–Kier alpha value is -1.14. The summed E-state index contributed by atoms with van der Waals surface area (Å²) in [7, 11) is 0. The number of hydrogen-bond donors (Lipinski definition) is 4. The van der Waals surface area contributed by atoms with E-state index in [1.165, 1.54) is 0 Å². The summed E-state index contributed by atoms with van der Waals surface area (Å²) in [5, 5.41) is 29.9. The SMILES string of the molecule is CCCC(O)(CCC)[C@@H](CC(C)C)NC(=O)C1(C(=O)N[C@H](CC(C)C)C(O)(CCC)CCC)CCCCC1. The van der Waals surface area contributed by atoms with Crippen molar-refractivity contribution in [2.24, 2.45) is 17.3 Å². The standard InChI is InChI=1S/C32H62N2O4/c1-9-16-31(37,17-10-2)26(22-24(5)6)33-28(35)30(20-14-13-15-21-30)29(36)34-27(23-25(7)8)32(38,18-11-3)19-12-4/h24-27,37-38H,9-23H2,1-8H3,(H,33,35)(H,34,36)/t26-,27-/m1/s1. The average Bonchev–Trinajstić information content (AvgIpc) is 2.83. The van der Waals surface area contributed by atoms with Gasteiger partial charge >= 0.3 is 0 Å². The molecule has 0 unspecified atom stereocenters. The second kappa shape index (κ2) is 16.2. The Morgan fingerprint density at radius 2 is 0.974 bits per heavy atom. The van der Waals surface area contributed by atoms with Crippen molar-refractivity contribution < 1.29 is 19.8 Å². The van der Waals surface area contributed by atoms with Crippen LogP contribution in [0.15, 0.2) is 0 Å². The molecule has 1 fully saturated rings. The van der Waals surface area contributed by atoms with Crippen molar-refractivity contribution in [3.05, 3.63) is 0 Å². The van der Waals surface area contributed by atoms with Crippen LogP contribution >= 0.6 is 0 Å². The lowest BCUT2D eigenvalue weighted by Gasteiger charge is -2.43. The maximum absolute atomic E-state index is 14.2. The van der Waals surface area contributed by atoms with Crippen molar-refractivity contribution in [2.45, 2.75) is 175 Å². The molecule has 0 aromatic heterocycles. The van der Waals surface area contributed by atoms with Gasteiger partial charge in [0.15, 0.2) is 0 Å². The lowest BCUT2D eigenvalue weighted by Crippen LogP contribution is -2.62. The summed E-state index contributed by atoms with van der Waals surface area (Å²) >= 11 is 0. The molecule has 0 saturated heterocycles.